The van der Waals surface area contributed by atoms with E-state index < -0.39 is 23.7 Å². The minimum atomic E-state index is -1.07. The number of ether oxygens (including phenoxy) is 1. The maximum Gasteiger partial charge on any atom is 0.355 e. The quantitative estimate of drug-likeness (QED) is 0.598. The summed E-state index contributed by atoms with van der Waals surface area (Å²) >= 11 is 3.29. The Hall–Kier alpha value is -2.35. The van der Waals surface area contributed by atoms with E-state index in [4.69, 9.17) is 4.74 Å². The minimum Gasteiger partial charge on any atom is -0.461 e. The number of rotatable bonds is 3. The number of amides is 2. The topological polar surface area (TPSA) is 88.4 Å². The van der Waals surface area contributed by atoms with E-state index in [0.717, 1.165) is 9.37 Å². The van der Waals surface area contributed by atoms with Gasteiger partial charge in [-0.1, -0.05) is 15.9 Å². The first-order chi connectivity index (χ1) is 10.5. The van der Waals surface area contributed by atoms with E-state index in [2.05, 4.69) is 26.1 Å². The summed E-state index contributed by atoms with van der Waals surface area (Å²) in [6.45, 7) is 1.80. The molecule has 0 saturated carbocycles. The number of imide groups is 1. The monoisotopic (exact) mass is 363 g/mol. The van der Waals surface area contributed by atoms with E-state index in [1.807, 2.05) is 0 Å². The molecule has 7 nitrogen and oxygen atoms in total. The van der Waals surface area contributed by atoms with Crippen molar-refractivity contribution in [2.24, 2.45) is 16.1 Å². The Labute approximate surface area is 133 Å². The van der Waals surface area contributed by atoms with Crippen LogP contribution in [0.1, 0.15) is 6.92 Å². The van der Waals surface area contributed by atoms with E-state index in [1.54, 1.807) is 31.2 Å². The van der Waals surface area contributed by atoms with Crippen LogP contribution >= 0.6 is 15.9 Å². The molecule has 2 heterocycles. The maximum atomic E-state index is 12.5. The van der Waals surface area contributed by atoms with Crippen molar-refractivity contribution in [3.8, 4) is 0 Å². The van der Waals surface area contributed by atoms with Gasteiger partial charge in [0.2, 0.25) is 5.91 Å². The van der Waals surface area contributed by atoms with Crippen LogP contribution in [0, 0.1) is 5.92 Å². The van der Waals surface area contributed by atoms with E-state index in [9.17, 15) is 14.4 Å². The molecule has 0 bridgehead atoms. The summed E-state index contributed by atoms with van der Waals surface area (Å²) in [5.41, 5.74) is 0.226. The summed E-state index contributed by atoms with van der Waals surface area (Å²) in [6, 6.07) is 6.68. The summed E-state index contributed by atoms with van der Waals surface area (Å²) in [5.74, 6) is -2.92. The minimum absolute atomic E-state index is 0.0454. The molecule has 0 aromatic heterocycles. The summed E-state index contributed by atoms with van der Waals surface area (Å²) in [6.07, 6.45) is 0. The van der Waals surface area contributed by atoms with E-state index in [1.165, 1.54) is 0 Å². The number of anilines is 1. The van der Waals surface area contributed by atoms with Gasteiger partial charge in [0.25, 0.3) is 5.91 Å². The van der Waals surface area contributed by atoms with Crippen LogP contribution in [-0.4, -0.2) is 35.8 Å². The molecule has 2 aliphatic rings. The summed E-state index contributed by atoms with van der Waals surface area (Å²) in [7, 11) is 0. The lowest BCUT2D eigenvalue weighted by molar-refractivity contribution is -0.136. The van der Waals surface area contributed by atoms with Crippen LogP contribution in [0.5, 0.6) is 0 Å². The zero-order chi connectivity index (χ0) is 15.9. The molecule has 1 aromatic carbocycles. The number of fused-ring (bicyclic) bond motifs is 1. The van der Waals surface area contributed by atoms with E-state index >= 15 is 0 Å². The van der Waals surface area contributed by atoms with Crippen LogP contribution in [0.2, 0.25) is 0 Å². The largest absolute Gasteiger partial charge is 0.461 e. The van der Waals surface area contributed by atoms with Gasteiger partial charge in [0.05, 0.1) is 12.3 Å². The molecule has 0 radical (unpaired) electrons. The lowest BCUT2D eigenvalue weighted by atomic mass is 10.0. The third kappa shape index (κ3) is 2.16. The van der Waals surface area contributed by atoms with Gasteiger partial charge in [-0.2, -0.15) is 0 Å². The van der Waals surface area contributed by atoms with Crippen molar-refractivity contribution in [1.82, 2.24) is 0 Å². The molecule has 112 valence electrons. The Balaban J connectivity index is 1.93. The third-order valence-electron chi connectivity index (χ3n) is 3.27. The molecule has 0 aliphatic carbocycles. The number of hydrogen-bond donors (Lipinski definition) is 0. The van der Waals surface area contributed by atoms with Gasteiger partial charge in [0.1, 0.15) is 11.6 Å². The van der Waals surface area contributed by atoms with Crippen LogP contribution in [0.15, 0.2) is 38.9 Å². The van der Waals surface area contributed by atoms with Crippen LogP contribution in [0.3, 0.4) is 0 Å². The Bertz CT molecular complexity index is 739. The smallest absolute Gasteiger partial charge is 0.355 e. The molecule has 2 aliphatic heterocycles. The number of hydrogen-bond acceptors (Lipinski definition) is 6. The highest BCUT2D eigenvalue weighted by Crippen LogP contribution is 2.30. The fourth-order valence-corrected chi connectivity index (χ4v) is 2.56. The van der Waals surface area contributed by atoms with Gasteiger partial charge < -0.3 is 4.74 Å². The molecule has 0 unspecified atom stereocenters. The van der Waals surface area contributed by atoms with Crippen LogP contribution < -0.4 is 4.90 Å². The van der Waals surface area contributed by atoms with Crippen LogP contribution in [-0.2, 0) is 19.1 Å². The molecule has 8 heteroatoms. The van der Waals surface area contributed by atoms with Crippen molar-refractivity contribution >= 4 is 50.8 Å². The van der Waals surface area contributed by atoms with Gasteiger partial charge in [-0.25, -0.2) is 9.69 Å². The van der Waals surface area contributed by atoms with Crippen molar-refractivity contribution in [2.45, 2.75) is 6.92 Å². The number of carbonyl (C=O) groups excluding carboxylic acids is 3. The molecular weight excluding hydrogens is 354 g/mol. The van der Waals surface area contributed by atoms with Crippen molar-refractivity contribution in [2.75, 3.05) is 11.5 Å². The van der Waals surface area contributed by atoms with Gasteiger partial charge in [-0.15, -0.1) is 10.2 Å². The lowest BCUT2D eigenvalue weighted by Gasteiger charge is -2.14. The highest BCUT2D eigenvalue weighted by molar-refractivity contribution is 9.10. The maximum absolute atomic E-state index is 12.5. The average molecular weight is 364 g/mol. The summed E-state index contributed by atoms with van der Waals surface area (Å²) in [4.78, 5) is 37.7. The van der Waals surface area contributed by atoms with Crippen molar-refractivity contribution in [3.63, 3.8) is 0 Å². The first kappa shape index (κ1) is 14.6. The molecule has 2 amide bonds. The SMILES string of the molecule is CCOC(=O)C1=NN=C2C(=O)N(c3ccc(Br)cc3)C(=O)[C@@H]12. The first-order valence-electron chi connectivity index (χ1n) is 6.51. The molecule has 22 heavy (non-hydrogen) atoms. The molecule has 1 aromatic rings. The normalized spacial score (nSPS) is 19.9. The lowest BCUT2D eigenvalue weighted by Crippen LogP contribution is -2.35. The molecule has 1 saturated heterocycles. The number of esters is 1. The standard InChI is InChI=1S/C14H10BrN3O4/c1-2-22-14(21)11-9-10(16-17-11)13(20)18(12(9)19)8-5-3-7(15)4-6-8/h3-6,9H,2H2,1H3/t9-/m1/s1. The molecule has 0 spiro atoms. The van der Waals surface area contributed by atoms with E-state index in [-0.39, 0.29) is 18.0 Å². The van der Waals surface area contributed by atoms with E-state index in [0.29, 0.717) is 5.69 Å². The predicted molar refractivity (Wildman–Crippen MR) is 81.6 cm³/mol. The number of carbonyl (C=O) groups is 3. The molecule has 1 fully saturated rings. The summed E-state index contributed by atoms with van der Waals surface area (Å²) in [5, 5.41) is 7.33. The van der Waals surface area contributed by atoms with Crippen molar-refractivity contribution < 1.29 is 19.1 Å². The average Bonchev–Trinajstić information content (AvgIpc) is 3.03. The van der Waals surface area contributed by atoms with Crippen LogP contribution in [0.4, 0.5) is 5.69 Å². The Morgan fingerprint density at radius 2 is 1.95 bits per heavy atom. The zero-order valence-electron chi connectivity index (χ0n) is 11.4. The summed E-state index contributed by atoms with van der Waals surface area (Å²) < 4.78 is 5.66. The Kier molecular flexibility index (Phi) is 3.61. The molecule has 1 atom stereocenters. The second-order valence-corrected chi connectivity index (χ2v) is 5.49. The molecule has 0 N–H and O–H groups in total. The Morgan fingerprint density at radius 3 is 2.59 bits per heavy atom. The molecule has 3 rings (SSSR count). The fraction of sp³-hybridized carbons (Fsp3) is 0.214. The number of benzene rings is 1. The van der Waals surface area contributed by atoms with Crippen molar-refractivity contribution in [1.29, 1.82) is 0 Å². The van der Waals surface area contributed by atoms with Gasteiger partial charge in [0, 0.05) is 4.47 Å². The highest BCUT2D eigenvalue weighted by Gasteiger charge is 2.52. The van der Waals surface area contributed by atoms with Crippen molar-refractivity contribution in [3.05, 3.63) is 28.7 Å². The third-order valence-corrected chi connectivity index (χ3v) is 3.80. The van der Waals surface area contributed by atoms with Gasteiger partial charge in [-0.05, 0) is 31.2 Å². The fourth-order valence-electron chi connectivity index (χ4n) is 2.29. The second-order valence-electron chi connectivity index (χ2n) is 4.58. The van der Waals surface area contributed by atoms with Gasteiger partial charge in [-0.3, -0.25) is 9.59 Å². The van der Waals surface area contributed by atoms with Crippen LogP contribution in [0.25, 0.3) is 0 Å². The second kappa shape index (κ2) is 5.45. The number of halogens is 1. The molecular formula is C14H10BrN3O4. The van der Waals surface area contributed by atoms with Gasteiger partial charge >= 0.3 is 5.97 Å². The Morgan fingerprint density at radius 1 is 1.27 bits per heavy atom. The number of nitrogens with zero attached hydrogens (tertiary/aromatic N) is 3. The first-order valence-corrected chi connectivity index (χ1v) is 7.30. The highest BCUT2D eigenvalue weighted by atomic mass is 79.9. The van der Waals surface area contributed by atoms with Gasteiger partial charge in [0.15, 0.2) is 5.71 Å². The predicted octanol–water partition coefficient (Wildman–Crippen LogP) is 1.31. The zero-order valence-corrected chi connectivity index (χ0v) is 13.0.